The van der Waals surface area contributed by atoms with Gasteiger partial charge < -0.3 is 9.84 Å². The number of hydrogen-bond acceptors (Lipinski definition) is 3. The van der Waals surface area contributed by atoms with E-state index >= 15 is 0 Å². The highest BCUT2D eigenvalue weighted by Crippen LogP contribution is 2.25. The van der Waals surface area contributed by atoms with Gasteiger partial charge in [0.15, 0.2) is 0 Å². The largest absolute Gasteiger partial charge is 0.465 e. The van der Waals surface area contributed by atoms with Crippen LogP contribution >= 0.6 is 0 Å². The number of rotatable bonds is 3. The average Bonchev–Trinajstić information content (AvgIpc) is 2.01. The number of alkyl halides is 2. The Morgan fingerprint density at radius 3 is 2.17 bits per heavy atom. The minimum absolute atomic E-state index is 0.695. The normalized spacial score (nSPS) is 14.6. The summed E-state index contributed by atoms with van der Waals surface area (Å²) in [5.74, 6) is -6.22. The third-order valence-corrected chi connectivity index (χ3v) is 1.46. The first-order valence-electron chi connectivity index (χ1n) is 3.48. The summed E-state index contributed by atoms with van der Waals surface area (Å²) in [4.78, 5) is 10.4. The monoisotopic (exact) mass is 182 g/mol. The number of aliphatic hydroxyl groups is 1. The smallest absolute Gasteiger partial charge is 0.379 e. The van der Waals surface area contributed by atoms with E-state index in [0.29, 0.717) is 0 Å². The summed E-state index contributed by atoms with van der Waals surface area (Å²) in [7, 11) is 0.850. The molecule has 0 saturated heterocycles. The first-order valence-corrected chi connectivity index (χ1v) is 3.48. The molecule has 0 bridgehead atoms. The lowest BCUT2D eigenvalue weighted by Gasteiger charge is -2.22. The van der Waals surface area contributed by atoms with Crippen molar-refractivity contribution in [3.8, 4) is 0 Å². The average molecular weight is 182 g/mol. The lowest BCUT2D eigenvalue weighted by Crippen LogP contribution is -2.45. The van der Waals surface area contributed by atoms with E-state index in [9.17, 15) is 13.6 Å². The first kappa shape index (κ1) is 11.3. The summed E-state index contributed by atoms with van der Waals surface area (Å²) in [5.41, 5.74) is 0. The summed E-state index contributed by atoms with van der Waals surface area (Å²) >= 11 is 0. The Bertz CT molecular complexity index is 168. The number of aliphatic hydroxyl groups excluding tert-OH is 1. The SMILES string of the molecule is COC(=O)C(F)(F)[C@H](O)C(C)C. The highest BCUT2D eigenvalue weighted by molar-refractivity contribution is 5.78. The molecule has 0 aromatic rings. The number of esters is 1. The van der Waals surface area contributed by atoms with Crippen molar-refractivity contribution in [3.63, 3.8) is 0 Å². The second kappa shape index (κ2) is 3.80. The molecule has 0 aliphatic heterocycles. The fourth-order valence-corrected chi connectivity index (χ4v) is 0.675. The minimum Gasteiger partial charge on any atom is -0.465 e. The van der Waals surface area contributed by atoms with Crippen LogP contribution in [0.5, 0.6) is 0 Å². The van der Waals surface area contributed by atoms with Gasteiger partial charge in [-0.1, -0.05) is 13.8 Å². The van der Waals surface area contributed by atoms with Gasteiger partial charge in [0.05, 0.1) is 7.11 Å². The van der Waals surface area contributed by atoms with Crippen molar-refractivity contribution in [1.82, 2.24) is 0 Å². The molecular formula is C7H12F2O3. The Morgan fingerprint density at radius 2 is 1.92 bits per heavy atom. The lowest BCUT2D eigenvalue weighted by molar-refractivity contribution is -0.190. The van der Waals surface area contributed by atoms with Gasteiger partial charge in [0.1, 0.15) is 6.10 Å². The summed E-state index contributed by atoms with van der Waals surface area (Å²) in [6.45, 7) is 2.78. The molecule has 0 aromatic carbocycles. The van der Waals surface area contributed by atoms with Gasteiger partial charge in [-0.15, -0.1) is 0 Å². The number of carbonyl (C=O) groups is 1. The van der Waals surface area contributed by atoms with Gasteiger partial charge in [-0.25, -0.2) is 4.79 Å². The molecule has 0 unspecified atom stereocenters. The van der Waals surface area contributed by atoms with Crippen LogP contribution in [0.4, 0.5) is 8.78 Å². The molecule has 0 amide bonds. The van der Waals surface area contributed by atoms with Crippen molar-refractivity contribution in [2.24, 2.45) is 5.92 Å². The van der Waals surface area contributed by atoms with Crippen LogP contribution in [0.3, 0.4) is 0 Å². The number of ether oxygens (including phenoxy) is 1. The van der Waals surface area contributed by atoms with Gasteiger partial charge in [0.25, 0.3) is 0 Å². The molecule has 0 saturated carbocycles. The van der Waals surface area contributed by atoms with Gasteiger partial charge in [-0.3, -0.25) is 0 Å². The molecule has 1 N–H and O–H groups in total. The molecule has 72 valence electrons. The highest BCUT2D eigenvalue weighted by atomic mass is 19.3. The van der Waals surface area contributed by atoms with Crippen molar-refractivity contribution in [1.29, 1.82) is 0 Å². The van der Waals surface area contributed by atoms with E-state index in [1.165, 1.54) is 13.8 Å². The van der Waals surface area contributed by atoms with Gasteiger partial charge in [0.2, 0.25) is 0 Å². The molecule has 0 aliphatic carbocycles. The van der Waals surface area contributed by atoms with E-state index in [4.69, 9.17) is 5.11 Å². The van der Waals surface area contributed by atoms with Gasteiger partial charge >= 0.3 is 11.9 Å². The Hall–Kier alpha value is -0.710. The van der Waals surface area contributed by atoms with Crippen LogP contribution in [0.15, 0.2) is 0 Å². The summed E-state index contributed by atoms with van der Waals surface area (Å²) in [6.07, 6.45) is -2.00. The fraction of sp³-hybridized carbons (Fsp3) is 0.857. The molecule has 0 aliphatic rings. The summed E-state index contributed by atoms with van der Waals surface area (Å²) in [5, 5.41) is 8.90. The molecule has 0 aromatic heterocycles. The van der Waals surface area contributed by atoms with Crippen molar-refractivity contribution >= 4 is 5.97 Å². The molecule has 0 heterocycles. The highest BCUT2D eigenvalue weighted by Gasteiger charge is 2.49. The molecular weight excluding hydrogens is 170 g/mol. The molecule has 1 atom stereocenters. The standard InChI is InChI=1S/C7H12F2O3/c1-4(2)5(10)7(8,9)6(11)12-3/h4-5,10H,1-3H3/t5-/m1/s1. The lowest BCUT2D eigenvalue weighted by atomic mass is 10.0. The third kappa shape index (κ3) is 2.14. The quantitative estimate of drug-likeness (QED) is 0.657. The number of methoxy groups -OCH3 is 1. The molecule has 3 nitrogen and oxygen atoms in total. The number of hydrogen-bond donors (Lipinski definition) is 1. The van der Waals surface area contributed by atoms with Crippen LogP contribution in [0.1, 0.15) is 13.8 Å². The molecule has 0 rings (SSSR count). The zero-order valence-electron chi connectivity index (χ0n) is 7.17. The number of halogens is 2. The van der Waals surface area contributed by atoms with Crippen LogP contribution in [-0.2, 0) is 9.53 Å². The Labute approximate surface area is 69.3 Å². The van der Waals surface area contributed by atoms with Gasteiger partial charge in [-0.2, -0.15) is 8.78 Å². The topological polar surface area (TPSA) is 46.5 Å². The zero-order valence-corrected chi connectivity index (χ0v) is 7.17. The van der Waals surface area contributed by atoms with Gasteiger partial charge in [-0.05, 0) is 5.92 Å². The van der Waals surface area contributed by atoms with E-state index in [-0.39, 0.29) is 0 Å². The molecule has 0 radical (unpaired) electrons. The predicted molar refractivity (Wildman–Crippen MR) is 37.8 cm³/mol. The van der Waals surface area contributed by atoms with Crippen molar-refractivity contribution in [2.45, 2.75) is 25.9 Å². The van der Waals surface area contributed by atoms with E-state index < -0.39 is 23.9 Å². The van der Waals surface area contributed by atoms with Crippen LogP contribution in [0.25, 0.3) is 0 Å². The van der Waals surface area contributed by atoms with Crippen LogP contribution in [0, 0.1) is 5.92 Å². The maximum Gasteiger partial charge on any atom is 0.379 e. The fourth-order valence-electron chi connectivity index (χ4n) is 0.675. The zero-order chi connectivity index (χ0) is 9.94. The van der Waals surface area contributed by atoms with Crippen molar-refractivity contribution < 1.29 is 23.4 Å². The Kier molecular flexibility index (Phi) is 3.57. The second-order valence-corrected chi connectivity index (χ2v) is 2.80. The van der Waals surface area contributed by atoms with Crippen LogP contribution < -0.4 is 0 Å². The molecule has 12 heavy (non-hydrogen) atoms. The Morgan fingerprint density at radius 1 is 1.50 bits per heavy atom. The summed E-state index contributed by atoms with van der Waals surface area (Å²) in [6, 6.07) is 0. The van der Waals surface area contributed by atoms with Gasteiger partial charge in [0, 0.05) is 0 Å². The maximum absolute atomic E-state index is 12.7. The van der Waals surface area contributed by atoms with Crippen LogP contribution in [0.2, 0.25) is 0 Å². The third-order valence-electron chi connectivity index (χ3n) is 1.46. The Balaban J connectivity index is 4.48. The van der Waals surface area contributed by atoms with Crippen LogP contribution in [-0.4, -0.2) is 30.2 Å². The maximum atomic E-state index is 12.7. The molecule has 0 fully saturated rings. The van der Waals surface area contributed by atoms with E-state index in [0.717, 1.165) is 7.11 Å². The molecule has 0 spiro atoms. The first-order chi connectivity index (χ1) is 5.34. The molecule has 5 heteroatoms. The summed E-state index contributed by atoms with van der Waals surface area (Å²) < 4.78 is 29.3. The van der Waals surface area contributed by atoms with E-state index in [1.807, 2.05) is 0 Å². The van der Waals surface area contributed by atoms with E-state index in [1.54, 1.807) is 0 Å². The predicted octanol–water partition coefficient (Wildman–Crippen LogP) is 0.812. The van der Waals surface area contributed by atoms with Crippen molar-refractivity contribution in [3.05, 3.63) is 0 Å². The number of carbonyl (C=O) groups excluding carboxylic acids is 1. The second-order valence-electron chi connectivity index (χ2n) is 2.80. The minimum atomic E-state index is -3.82. The van der Waals surface area contributed by atoms with E-state index in [2.05, 4.69) is 4.74 Å². The van der Waals surface area contributed by atoms with Crippen molar-refractivity contribution in [2.75, 3.05) is 7.11 Å².